The lowest BCUT2D eigenvalue weighted by atomic mass is 9.84. The van der Waals surface area contributed by atoms with E-state index < -0.39 is 0 Å². The molecule has 186 valence electrons. The first-order valence-electron chi connectivity index (χ1n) is 13.2. The summed E-state index contributed by atoms with van der Waals surface area (Å²) in [7, 11) is 0. The Labute approximate surface area is 207 Å². The highest BCUT2D eigenvalue weighted by Gasteiger charge is 2.47. The Bertz CT molecular complexity index is 1020. The number of carbonyl (C=O) groups excluding carboxylic acids is 2. The minimum atomic E-state index is -0.378. The first-order chi connectivity index (χ1) is 17.1. The maximum Gasteiger partial charge on any atom is 0.254 e. The number of nitrogens with one attached hydrogen (secondary N) is 1. The molecule has 2 aliphatic heterocycles. The van der Waals surface area contributed by atoms with Gasteiger partial charge in [-0.05, 0) is 75.2 Å². The summed E-state index contributed by atoms with van der Waals surface area (Å²) in [4.78, 5) is 31.0. The summed E-state index contributed by atoms with van der Waals surface area (Å²) in [6.07, 6.45) is 7.15. The van der Waals surface area contributed by atoms with Gasteiger partial charge >= 0.3 is 0 Å². The lowest BCUT2D eigenvalue weighted by molar-refractivity contribution is -0.125. The molecule has 1 N–H and O–H groups in total. The molecule has 6 heteroatoms. The second kappa shape index (κ2) is 10.9. The van der Waals surface area contributed by atoms with Crippen molar-refractivity contribution in [1.82, 2.24) is 15.1 Å². The molecular formula is C29H36FN3O2. The van der Waals surface area contributed by atoms with E-state index in [1.165, 1.54) is 12.5 Å². The van der Waals surface area contributed by atoms with Crippen LogP contribution in [0.2, 0.25) is 0 Å². The summed E-state index contributed by atoms with van der Waals surface area (Å²) < 4.78 is 14.0. The number of amides is 2. The van der Waals surface area contributed by atoms with Gasteiger partial charge < -0.3 is 10.2 Å². The van der Waals surface area contributed by atoms with Gasteiger partial charge in [0.1, 0.15) is 11.9 Å². The van der Waals surface area contributed by atoms with Gasteiger partial charge in [-0.15, -0.1) is 0 Å². The highest BCUT2D eigenvalue weighted by atomic mass is 19.1. The van der Waals surface area contributed by atoms with E-state index in [1.807, 2.05) is 47.4 Å². The predicted molar refractivity (Wildman–Crippen MR) is 134 cm³/mol. The van der Waals surface area contributed by atoms with Gasteiger partial charge in [-0.2, -0.15) is 0 Å². The fraction of sp³-hybridized carbons (Fsp3) is 0.517. The summed E-state index contributed by atoms with van der Waals surface area (Å²) in [6, 6.07) is 16.1. The number of hydrogen-bond donors (Lipinski definition) is 1. The number of nitrogens with zero attached hydrogens (tertiary/aromatic N) is 2. The van der Waals surface area contributed by atoms with Crippen molar-refractivity contribution in [2.24, 2.45) is 11.8 Å². The van der Waals surface area contributed by atoms with E-state index in [2.05, 4.69) is 10.2 Å². The largest absolute Gasteiger partial charge is 0.354 e. The smallest absolute Gasteiger partial charge is 0.254 e. The first kappa shape index (κ1) is 24.0. The molecule has 3 unspecified atom stereocenters. The summed E-state index contributed by atoms with van der Waals surface area (Å²) in [5.41, 5.74) is 1.41. The highest BCUT2D eigenvalue weighted by Crippen LogP contribution is 2.40. The van der Waals surface area contributed by atoms with E-state index in [-0.39, 0.29) is 29.7 Å². The van der Waals surface area contributed by atoms with Crippen molar-refractivity contribution in [1.29, 1.82) is 0 Å². The van der Waals surface area contributed by atoms with Crippen LogP contribution in [0.1, 0.15) is 60.9 Å². The zero-order valence-electron chi connectivity index (χ0n) is 20.4. The van der Waals surface area contributed by atoms with Gasteiger partial charge in [0.15, 0.2) is 0 Å². The first-order valence-corrected chi connectivity index (χ1v) is 13.2. The average molecular weight is 478 g/mol. The van der Waals surface area contributed by atoms with Crippen LogP contribution in [-0.2, 0) is 11.3 Å². The Morgan fingerprint density at radius 2 is 1.63 bits per heavy atom. The van der Waals surface area contributed by atoms with Crippen LogP contribution in [0.4, 0.5) is 4.39 Å². The molecular weight excluding hydrogens is 441 g/mol. The molecule has 5 rings (SSSR count). The van der Waals surface area contributed by atoms with Crippen molar-refractivity contribution < 1.29 is 14.0 Å². The Kier molecular flexibility index (Phi) is 7.47. The molecule has 0 radical (unpaired) electrons. The quantitative estimate of drug-likeness (QED) is 0.660. The number of fused-ring (bicyclic) bond motifs is 1. The minimum absolute atomic E-state index is 0.00235. The Morgan fingerprint density at radius 1 is 0.914 bits per heavy atom. The zero-order valence-corrected chi connectivity index (χ0v) is 20.4. The van der Waals surface area contributed by atoms with Gasteiger partial charge in [-0.3, -0.25) is 14.5 Å². The number of hydrogen-bond acceptors (Lipinski definition) is 3. The number of benzene rings is 2. The molecule has 3 fully saturated rings. The second-order valence-electron chi connectivity index (χ2n) is 10.5. The van der Waals surface area contributed by atoms with Gasteiger partial charge in [0.25, 0.3) is 5.91 Å². The molecule has 2 aromatic rings. The summed E-state index contributed by atoms with van der Waals surface area (Å²) in [5, 5.41) is 3.20. The SMILES string of the molecule is O=C(NCC1CCN(Cc2ccccc2F)CC1)C1CC2CCCCC2N1C(=O)c1ccccc1. The third kappa shape index (κ3) is 5.43. The van der Waals surface area contributed by atoms with Crippen LogP contribution in [-0.4, -0.2) is 53.3 Å². The topological polar surface area (TPSA) is 52.7 Å². The maximum absolute atomic E-state index is 14.0. The molecule has 2 saturated heterocycles. The zero-order chi connectivity index (χ0) is 24.2. The molecule has 2 heterocycles. The number of rotatable bonds is 6. The number of halogens is 1. The van der Waals surface area contributed by atoms with Crippen LogP contribution in [0.3, 0.4) is 0 Å². The molecule has 0 spiro atoms. The number of carbonyl (C=O) groups is 2. The van der Waals surface area contributed by atoms with Crippen molar-refractivity contribution in [3.8, 4) is 0 Å². The number of piperidine rings is 1. The Hall–Kier alpha value is -2.73. The van der Waals surface area contributed by atoms with Crippen molar-refractivity contribution in [2.45, 2.75) is 63.6 Å². The molecule has 1 aliphatic carbocycles. The van der Waals surface area contributed by atoms with Gasteiger partial charge in [0, 0.05) is 30.3 Å². The lowest BCUT2D eigenvalue weighted by Gasteiger charge is -2.34. The van der Waals surface area contributed by atoms with Crippen molar-refractivity contribution in [3.63, 3.8) is 0 Å². The monoisotopic (exact) mass is 477 g/mol. The van der Waals surface area contributed by atoms with Crippen LogP contribution < -0.4 is 5.32 Å². The Balaban J connectivity index is 1.17. The van der Waals surface area contributed by atoms with Gasteiger partial charge in [-0.25, -0.2) is 4.39 Å². The highest BCUT2D eigenvalue weighted by molar-refractivity contribution is 5.98. The molecule has 5 nitrogen and oxygen atoms in total. The molecule has 1 saturated carbocycles. The Morgan fingerprint density at radius 3 is 2.40 bits per heavy atom. The van der Waals surface area contributed by atoms with Crippen LogP contribution in [0.25, 0.3) is 0 Å². The molecule has 0 bridgehead atoms. The summed E-state index contributed by atoms with van der Waals surface area (Å²) in [5.74, 6) is 0.680. The average Bonchev–Trinajstić information content (AvgIpc) is 3.29. The maximum atomic E-state index is 14.0. The van der Waals surface area contributed by atoms with E-state index in [0.29, 0.717) is 30.5 Å². The molecule has 2 amide bonds. The fourth-order valence-electron chi connectivity index (χ4n) is 6.29. The van der Waals surface area contributed by atoms with Gasteiger partial charge in [0.05, 0.1) is 0 Å². The van der Waals surface area contributed by atoms with Crippen LogP contribution >= 0.6 is 0 Å². The third-order valence-corrected chi connectivity index (χ3v) is 8.27. The fourth-order valence-corrected chi connectivity index (χ4v) is 6.29. The van der Waals surface area contributed by atoms with Crippen LogP contribution in [0.15, 0.2) is 54.6 Å². The van der Waals surface area contributed by atoms with Gasteiger partial charge in [0.2, 0.25) is 5.91 Å². The summed E-state index contributed by atoms with van der Waals surface area (Å²) in [6.45, 7) is 3.08. The molecule has 2 aromatic carbocycles. The third-order valence-electron chi connectivity index (χ3n) is 8.27. The molecule has 35 heavy (non-hydrogen) atoms. The molecule has 3 atom stereocenters. The van der Waals surface area contributed by atoms with E-state index in [1.54, 1.807) is 6.07 Å². The summed E-state index contributed by atoms with van der Waals surface area (Å²) >= 11 is 0. The van der Waals surface area contributed by atoms with E-state index in [0.717, 1.165) is 57.2 Å². The van der Waals surface area contributed by atoms with Crippen LogP contribution in [0.5, 0.6) is 0 Å². The van der Waals surface area contributed by atoms with Crippen molar-refractivity contribution >= 4 is 11.8 Å². The van der Waals surface area contributed by atoms with Crippen LogP contribution in [0, 0.1) is 17.7 Å². The van der Waals surface area contributed by atoms with E-state index in [9.17, 15) is 14.0 Å². The lowest BCUT2D eigenvalue weighted by Crippen LogP contribution is -2.50. The minimum Gasteiger partial charge on any atom is -0.354 e. The predicted octanol–water partition coefficient (Wildman–Crippen LogP) is 4.63. The van der Waals surface area contributed by atoms with Crippen molar-refractivity contribution in [2.75, 3.05) is 19.6 Å². The van der Waals surface area contributed by atoms with Crippen molar-refractivity contribution in [3.05, 3.63) is 71.5 Å². The second-order valence-corrected chi connectivity index (χ2v) is 10.5. The molecule has 3 aliphatic rings. The van der Waals surface area contributed by atoms with E-state index >= 15 is 0 Å². The molecule has 0 aromatic heterocycles. The normalized spacial score (nSPS) is 25.3. The standard InChI is InChI=1S/C29H36FN3O2/c30-25-12-6-4-11-24(25)20-32-16-14-21(15-17-32)19-31-28(34)27-18-23-10-5-7-13-26(23)33(27)29(35)22-8-2-1-3-9-22/h1-4,6,8-9,11-12,21,23,26-27H,5,7,10,13-20H2,(H,31,34). The van der Waals surface area contributed by atoms with E-state index in [4.69, 9.17) is 0 Å². The number of likely N-dealkylation sites (tertiary alicyclic amines) is 2. The van der Waals surface area contributed by atoms with Gasteiger partial charge in [-0.1, -0.05) is 49.2 Å².